The fraction of sp³-hybridized carbons (Fsp3) is 0.417. The van der Waals surface area contributed by atoms with E-state index in [1.54, 1.807) is 12.1 Å². The predicted molar refractivity (Wildman–Crippen MR) is 129 cm³/mol. The van der Waals surface area contributed by atoms with Gasteiger partial charge in [0.2, 0.25) is 5.88 Å². The van der Waals surface area contributed by atoms with Crippen LogP contribution in [0, 0.1) is 5.82 Å². The molecule has 8 heteroatoms. The van der Waals surface area contributed by atoms with Gasteiger partial charge >= 0.3 is 6.09 Å². The third-order valence-electron chi connectivity index (χ3n) is 4.18. The average molecular weight is 468 g/mol. The van der Waals surface area contributed by atoms with Crippen LogP contribution in [0.5, 0.6) is 0 Å². The summed E-state index contributed by atoms with van der Waals surface area (Å²) < 4.78 is 18.4. The maximum Gasteiger partial charge on any atom is 0.411 e. The van der Waals surface area contributed by atoms with Crippen molar-refractivity contribution in [3.63, 3.8) is 0 Å². The fourth-order valence-electron chi connectivity index (χ4n) is 2.66. The van der Waals surface area contributed by atoms with E-state index in [2.05, 4.69) is 10.6 Å². The third-order valence-corrected chi connectivity index (χ3v) is 4.54. The maximum atomic E-state index is 13.1. The van der Waals surface area contributed by atoms with Crippen molar-refractivity contribution in [1.82, 2.24) is 10.6 Å². The van der Waals surface area contributed by atoms with E-state index in [9.17, 15) is 9.18 Å². The van der Waals surface area contributed by atoms with Gasteiger partial charge in [-0.15, -0.1) is 0 Å². The molecule has 0 saturated heterocycles. The Morgan fingerprint density at radius 3 is 2.31 bits per heavy atom. The Morgan fingerprint density at radius 1 is 1.19 bits per heavy atom. The minimum atomic E-state index is -0.893. The summed E-state index contributed by atoms with van der Waals surface area (Å²) in [6.45, 7) is 6.79. The molecule has 0 aliphatic carbocycles. The van der Waals surface area contributed by atoms with Crippen molar-refractivity contribution in [1.29, 1.82) is 0 Å². The summed E-state index contributed by atoms with van der Waals surface area (Å²) in [5.41, 5.74) is 7.60. The van der Waals surface area contributed by atoms with E-state index >= 15 is 0 Å². The third kappa shape index (κ3) is 12.9. The van der Waals surface area contributed by atoms with E-state index in [1.807, 2.05) is 33.0 Å². The molecule has 0 heterocycles. The number of hydrogen-bond acceptors (Lipinski definition) is 5. The minimum Gasteiger partial charge on any atom is -0.394 e. The Hall–Kier alpha value is -2.64. The lowest BCUT2D eigenvalue weighted by Crippen LogP contribution is -2.25. The smallest absolute Gasteiger partial charge is 0.394 e. The van der Waals surface area contributed by atoms with Crippen LogP contribution in [-0.2, 0) is 16.0 Å². The molecule has 1 aromatic carbocycles. The number of unbranched alkanes of at least 4 members (excludes halogenated alkanes) is 1. The molecule has 0 unspecified atom stereocenters. The molecular weight excluding hydrogens is 433 g/mol. The molecule has 178 valence electrons. The second kappa shape index (κ2) is 18.0. The van der Waals surface area contributed by atoms with E-state index in [-0.39, 0.29) is 11.7 Å². The molecule has 0 spiro atoms. The molecule has 6 nitrogen and oxygen atoms in total. The summed E-state index contributed by atoms with van der Waals surface area (Å²) in [5.74, 6) is 0.00697. The van der Waals surface area contributed by atoms with E-state index in [0.717, 1.165) is 43.2 Å². The number of rotatable bonds is 12. The Labute approximate surface area is 195 Å². The molecule has 0 aliphatic rings. The molecule has 0 fully saturated rings. The molecule has 0 radical (unpaired) electrons. The highest BCUT2D eigenvalue weighted by Crippen LogP contribution is 2.26. The summed E-state index contributed by atoms with van der Waals surface area (Å²) in [7, 11) is 1.90. The molecule has 0 aliphatic heterocycles. The SMILES string of the molecule is CC=O.CC\C=C(Cl)/C(=C\Cc1ccc(F)cc1)C(/C)=C(/NCCCCNC)OC(N)=O. The van der Waals surface area contributed by atoms with Gasteiger partial charge in [-0.25, -0.2) is 9.18 Å². The highest BCUT2D eigenvalue weighted by atomic mass is 35.5. The van der Waals surface area contributed by atoms with Gasteiger partial charge < -0.3 is 25.9 Å². The van der Waals surface area contributed by atoms with Crippen LogP contribution in [0.2, 0.25) is 0 Å². The number of nitrogens with one attached hydrogen (secondary N) is 2. The Balaban J connectivity index is 0.00000302. The normalized spacial score (nSPS) is 12.3. The number of allylic oxidation sites excluding steroid dienone is 5. The Bertz CT molecular complexity index is 790. The van der Waals surface area contributed by atoms with Gasteiger partial charge in [-0.1, -0.05) is 42.8 Å². The van der Waals surface area contributed by atoms with Crippen LogP contribution in [0.4, 0.5) is 9.18 Å². The first kappa shape index (κ1) is 29.4. The van der Waals surface area contributed by atoms with E-state index in [1.165, 1.54) is 19.1 Å². The first-order valence-corrected chi connectivity index (χ1v) is 11.0. The summed E-state index contributed by atoms with van der Waals surface area (Å²) in [4.78, 5) is 20.2. The molecule has 32 heavy (non-hydrogen) atoms. The summed E-state index contributed by atoms with van der Waals surface area (Å²) in [5, 5.41) is 6.79. The van der Waals surface area contributed by atoms with Gasteiger partial charge in [0.15, 0.2) is 0 Å². The van der Waals surface area contributed by atoms with Gasteiger partial charge in [0.25, 0.3) is 0 Å². The summed E-state index contributed by atoms with van der Waals surface area (Å²) >= 11 is 6.51. The Morgan fingerprint density at radius 2 is 1.78 bits per heavy atom. The van der Waals surface area contributed by atoms with Crippen molar-refractivity contribution < 1.29 is 18.7 Å². The van der Waals surface area contributed by atoms with Crippen LogP contribution in [0.15, 0.2) is 58.5 Å². The molecule has 4 N–H and O–H groups in total. The lowest BCUT2D eigenvalue weighted by atomic mass is 10.0. The summed E-state index contributed by atoms with van der Waals surface area (Å²) in [6.07, 6.45) is 6.86. The van der Waals surface area contributed by atoms with E-state index < -0.39 is 6.09 Å². The number of carbonyl (C=O) groups excluding carboxylic acids is 2. The van der Waals surface area contributed by atoms with Crippen LogP contribution < -0.4 is 16.4 Å². The second-order valence-corrected chi connectivity index (χ2v) is 7.16. The predicted octanol–water partition coefficient (Wildman–Crippen LogP) is 4.95. The lowest BCUT2D eigenvalue weighted by Gasteiger charge is -2.16. The molecular formula is C24H35ClFN3O3. The number of carbonyl (C=O) groups is 2. The van der Waals surface area contributed by atoms with Crippen molar-refractivity contribution in [2.45, 2.75) is 46.5 Å². The highest BCUT2D eigenvalue weighted by molar-refractivity contribution is 6.32. The Kier molecular flexibility index (Phi) is 16.5. The monoisotopic (exact) mass is 467 g/mol. The van der Waals surface area contributed by atoms with Gasteiger partial charge in [0.05, 0.1) is 0 Å². The standard InChI is InChI=1S/C22H31ClFN3O2.C2H4O/c1-4-7-20(23)19(13-10-17-8-11-18(24)12-9-17)16(2)21(29-22(25)28)27-15-6-5-14-26-3;1-2-3/h7-9,11-13,26-27H,4-6,10,14-15H2,1-3H3,(H2,25,28);2H,1H3/b19-13-,20-7+,21-16-;. The van der Waals surface area contributed by atoms with Gasteiger partial charge in [0.1, 0.15) is 12.1 Å². The van der Waals surface area contributed by atoms with Crippen molar-refractivity contribution in [3.8, 4) is 0 Å². The molecule has 0 aromatic heterocycles. The number of nitrogens with two attached hydrogens (primary N) is 1. The molecule has 0 saturated carbocycles. The van der Waals surface area contributed by atoms with Crippen LogP contribution in [-0.4, -0.2) is 32.5 Å². The second-order valence-electron chi connectivity index (χ2n) is 6.76. The first-order chi connectivity index (χ1) is 15.3. The van der Waals surface area contributed by atoms with E-state index in [4.69, 9.17) is 26.9 Å². The van der Waals surface area contributed by atoms with Crippen LogP contribution in [0.3, 0.4) is 0 Å². The van der Waals surface area contributed by atoms with Crippen LogP contribution in [0.25, 0.3) is 0 Å². The molecule has 1 amide bonds. The van der Waals surface area contributed by atoms with E-state index in [0.29, 0.717) is 23.6 Å². The molecule has 1 aromatic rings. The van der Waals surface area contributed by atoms with Gasteiger partial charge in [-0.3, -0.25) is 0 Å². The zero-order chi connectivity index (χ0) is 24.4. The number of aldehydes is 1. The zero-order valence-electron chi connectivity index (χ0n) is 19.3. The number of amides is 1. The zero-order valence-corrected chi connectivity index (χ0v) is 20.1. The van der Waals surface area contributed by atoms with Crippen molar-refractivity contribution in [2.24, 2.45) is 5.73 Å². The maximum absolute atomic E-state index is 13.1. The average Bonchev–Trinajstić information content (AvgIpc) is 2.74. The fourth-order valence-corrected chi connectivity index (χ4v) is 3.03. The number of ether oxygens (including phenoxy) is 1. The van der Waals surface area contributed by atoms with Crippen LogP contribution >= 0.6 is 11.6 Å². The topological polar surface area (TPSA) is 93.4 Å². The number of benzene rings is 1. The quantitative estimate of drug-likeness (QED) is 0.175. The van der Waals surface area contributed by atoms with Gasteiger partial charge in [0, 0.05) is 17.2 Å². The number of hydrogen-bond donors (Lipinski definition) is 3. The van der Waals surface area contributed by atoms with Crippen molar-refractivity contribution >= 4 is 24.0 Å². The van der Waals surface area contributed by atoms with Gasteiger partial charge in [-0.05, 0) is 76.4 Å². The van der Waals surface area contributed by atoms with Crippen molar-refractivity contribution in [2.75, 3.05) is 20.1 Å². The summed E-state index contributed by atoms with van der Waals surface area (Å²) in [6, 6.07) is 6.29. The largest absolute Gasteiger partial charge is 0.411 e. The lowest BCUT2D eigenvalue weighted by molar-refractivity contribution is -0.106. The number of primary amides is 1. The number of halogens is 2. The highest BCUT2D eigenvalue weighted by Gasteiger charge is 2.14. The van der Waals surface area contributed by atoms with Crippen LogP contribution in [0.1, 0.15) is 45.6 Å². The van der Waals surface area contributed by atoms with Gasteiger partial charge in [-0.2, -0.15) is 0 Å². The molecule has 0 atom stereocenters. The molecule has 0 bridgehead atoms. The first-order valence-electron chi connectivity index (χ1n) is 10.6. The van der Waals surface area contributed by atoms with Crippen molar-refractivity contribution in [3.05, 3.63) is 69.9 Å². The molecule has 1 rings (SSSR count). The minimum absolute atomic E-state index is 0.280.